The van der Waals surface area contributed by atoms with Gasteiger partial charge >= 0.3 is 0 Å². The molecule has 0 fully saturated rings. The van der Waals surface area contributed by atoms with Crippen LogP contribution in [0, 0.1) is 19.7 Å². The van der Waals surface area contributed by atoms with Crippen molar-refractivity contribution in [1.29, 1.82) is 0 Å². The summed E-state index contributed by atoms with van der Waals surface area (Å²) in [4.78, 5) is 4.99. The molecule has 1 aromatic heterocycles. The minimum absolute atomic E-state index is 0.119. The molecule has 114 valence electrons. The van der Waals surface area contributed by atoms with E-state index in [0.29, 0.717) is 0 Å². The summed E-state index contributed by atoms with van der Waals surface area (Å²) < 4.78 is 40.2. The molecule has 1 heterocycles. The first kappa shape index (κ1) is 15.9. The van der Waals surface area contributed by atoms with Crippen LogP contribution in [0.25, 0.3) is 0 Å². The second kappa shape index (κ2) is 5.70. The highest BCUT2D eigenvalue weighted by Gasteiger charge is 2.23. The summed E-state index contributed by atoms with van der Waals surface area (Å²) >= 11 is 1.44. The topological polar surface area (TPSA) is 85.1 Å². The SMILES string of the molecule is Cc1nc(C)c(C(C)NS(=O)(=O)c2ccc(F)cc2N)s1. The number of thiazole rings is 1. The first-order chi connectivity index (χ1) is 9.70. The first-order valence-electron chi connectivity index (χ1n) is 6.22. The third-order valence-electron chi connectivity index (χ3n) is 2.93. The number of nitrogens with one attached hydrogen (secondary N) is 1. The molecule has 1 unspecified atom stereocenters. The van der Waals surface area contributed by atoms with Crippen molar-refractivity contribution < 1.29 is 12.8 Å². The minimum atomic E-state index is -3.83. The lowest BCUT2D eigenvalue weighted by atomic mass is 10.2. The number of hydrogen-bond acceptors (Lipinski definition) is 5. The standard InChI is InChI=1S/C13H16FN3O2S2/c1-7-13(20-9(3)16-7)8(2)17-21(18,19)12-5-4-10(14)6-11(12)15/h4-6,8,17H,15H2,1-3H3. The molecule has 0 spiro atoms. The molecule has 0 bridgehead atoms. The third-order valence-corrected chi connectivity index (χ3v) is 5.80. The van der Waals surface area contributed by atoms with Crippen molar-refractivity contribution in [1.82, 2.24) is 9.71 Å². The van der Waals surface area contributed by atoms with E-state index in [2.05, 4.69) is 9.71 Å². The molecule has 0 aliphatic heterocycles. The molecule has 8 heteroatoms. The molecule has 1 atom stereocenters. The molecule has 0 amide bonds. The molecule has 0 radical (unpaired) electrons. The Kier molecular flexibility index (Phi) is 4.31. The van der Waals surface area contributed by atoms with Gasteiger partial charge in [0, 0.05) is 4.88 Å². The van der Waals surface area contributed by atoms with E-state index in [9.17, 15) is 12.8 Å². The molecule has 1 aromatic carbocycles. The third kappa shape index (κ3) is 3.39. The normalized spacial score (nSPS) is 13.3. The lowest BCUT2D eigenvalue weighted by Gasteiger charge is -2.14. The Hall–Kier alpha value is -1.51. The number of sulfonamides is 1. The fourth-order valence-electron chi connectivity index (χ4n) is 2.06. The summed E-state index contributed by atoms with van der Waals surface area (Å²) in [5, 5.41) is 0.870. The molecule has 0 aliphatic rings. The molecule has 5 nitrogen and oxygen atoms in total. The van der Waals surface area contributed by atoms with Crippen LogP contribution in [0.2, 0.25) is 0 Å². The number of anilines is 1. The van der Waals surface area contributed by atoms with Crippen LogP contribution in [-0.4, -0.2) is 13.4 Å². The van der Waals surface area contributed by atoms with E-state index in [1.807, 2.05) is 13.8 Å². The predicted molar refractivity (Wildman–Crippen MR) is 81.1 cm³/mol. The molecule has 3 N–H and O–H groups in total. The van der Waals surface area contributed by atoms with Gasteiger partial charge in [-0.25, -0.2) is 22.5 Å². The first-order valence-corrected chi connectivity index (χ1v) is 8.52. The van der Waals surface area contributed by atoms with E-state index in [-0.39, 0.29) is 10.6 Å². The zero-order valence-corrected chi connectivity index (χ0v) is 13.5. The van der Waals surface area contributed by atoms with E-state index in [1.54, 1.807) is 6.92 Å². The highest BCUT2D eigenvalue weighted by Crippen LogP contribution is 2.27. The van der Waals surface area contributed by atoms with Crippen LogP contribution in [0.3, 0.4) is 0 Å². The molecule has 0 saturated carbocycles. The Balaban J connectivity index is 2.31. The number of aromatic nitrogens is 1. The molecule has 2 aromatic rings. The second-order valence-corrected chi connectivity index (χ2v) is 7.62. The van der Waals surface area contributed by atoms with Crippen molar-refractivity contribution in [3.63, 3.8) is 0 Å². The zero-order chi connectivity index (χ0) is 15.8. The van der Waals surface area contributed by atoms with E-state index in [4.69, 9.17) is 5.73 Å². The Bertz CT molecular complexity index is 772. The summed E-state index contributed by atoms with van der Waals surface area (Å²) in [6.07, 6.45) is 0. The van der Waals surface area contributed by atoms with Crippen LogP contribution in [0.15, 0.2) is 23.1 Å². The van der Waals surface area contributed by atoms with Crippen LogP contribution >= 0.6 is 11.3 Å². The summed E-state index contributed by atoms with van der Waals surface area (Å²) in [6, 6.07) is 2.77. The van der Waals surface area contributed by atoms with Gasteiger partial charge in [-0.05, 0) is 39.0 Å². The summed E-state index contributed by atoms with van der Waals surface area (Å²) in [6.45, 7) is 5.42. The van der Waals surface area contributed by atoms with Crippen molar-refractivity contribution in [3.05, 3.63) is 39.6 Å². The second-order valence-electron chi connectivity index (χ2n) is 4.71. The smallest absolute Gasteiger partial charge is 0.243 e. The van der Waals surface area contributed by atoms with Crippen LogP contribution in [0.4, 0.5) is 10.1 Å². The quantitative estimate of drug-likeness (QED) is 0.844. The Morgan fingerprint density at radius 2 is 2.05 bits per heavy atom. The molecule has 21 heavy (non-hydrogen) atoms. The van der Waals surface area contributed by atoms with Gasteiger partial charge in [-0.15, -0.1) is 11.3 Å². The number of benzene rings is 1. The lowest BCUT2D eigenvalue weighted by molar-refractivity contribution is 0.568. The van der Waals surface area contributed by atoms with E-state index in [0.717, 1.165) is 33.8 Å². The van der Waals surface area contributed by atoms with Crippen molar-refractivity contribution in [3.8, 4) is 0 Å². The monoisotopic (exact) mass is 329 g/mol. The van der Waals surface area contributed by atoms with Gasteiger partial charge in [0.05, 0.1) is 22.4 Å². The fraction of sp³-hybridized carbons (Fsp3) is 0.308. The maximum absolute atomic E-state index is 13.0. The predicted octanol–water partition coefficient (Wildman–Crippen LogP) is 2.52. The van der Waals surface area contributed by atoms with Crippen molar-refractivity contribution in [2.75, 3.05) is 5.73 Å². The highest BCUT2D eigenvalue weighted by atomic mass is 32.2. The van der Waals surface area contributed by atoms with Crippen molar-refractivity contribution >= 4 is 27.0 Å². The summed E-state index contributed by atoms with van der Waals surface area (Å²) in [7, 11) is -3.83. The molecular formula is C13H16FN3O2S2. The summed E-state index contributed by atoms with van der Waals surface area (Å²) in [5.41, 5.74) is 6.26. The zero-order valence-electron chi connectivity index (χ0n) is 11.8. The van der Waals surface area contributed by atoms with Gasteiger partial charge < -0.3 is 5.73 Å². The molecule has 2 rings (SSSR count). The Morgan fingerprint density at radius 3 is 2.57 bits per heavy atom. The number of hydrogen-bond donors (Lipinski definition) is 2. The van der Waals surface area contributed by atoms with E-state index >= 15 is 0 Å². The van der Waals surface area contributed by atoms with Gasteiger partial charge in [-0.3, -0.25) is 0 Å². The van der Waals surface area contributed by atoms with Crippen LogP contribution in [0.5, 0.6) is 0 Å². The average molecular weight is 329 g/mol. The largest absolute Gasteiger partial charge is 0.398 e. The molecular weight excluding hydrogens is 313 g/mol. The number of nitrogens with two attached hydrogens (primary N) is 1. The van der Waals surface area contributed by atoms with Gasteiger partial charge in [0.15, 0.2) is 0 Å². The van der Waals surface area contributed by atoms with E-state index < -0.39 is 21.9 Å². The highest BCUT2D eigenvalue weighted by molar-refractivity contribution is 7.89. The van der Waals surface area contributed by atoms with Gasteiger partial charge in [0.2, 0.25) is 10.0 Å². The Morgan fingerprint density at radius 1 is 1.38 bits per heavy atom. The average Bonchev–Trinajstić information content (AvgIpc) is 2.67. The van der Waals surface area contributed by atoms with Crippen LogP contribution < -0.4 is 10.5 Å². The molecule has 0 saturated heterocycles. The van der Waals surface area contributed by atoms with Gasteiger partial charge in [0.25, 0.3) is 0 Å². The number of rotatable bonds is 4. The van der Waals surface area contributed by atoms with Gasteiger partial charge in [0.1, 0.15) is 10.7 Å². The maximum Gasteiger partial charge on any atom is 0.243 e. The van der Waals surface area contributed by atoms with Crippen LogP contribution in [-0.2, 0) is 10.0 Å². The van der Waals surface area contributed by atoms with Gasteiger partial charge in [-0.1, -0.05) is 0 Å². The number of nitrogens with zero attached hydrogens (tertiary/aromatic N) is 1. The maximum atomic E-state index is 13.0. The van der Waals surface area contributed by atoms with Crippen LogP contribution in [0.1, 0.15) is 28.5 Å². The lowest BCUT2D eigenvalue weighted by Crippen LogP contribution is -2.27. The van der Waals surface area contributed by atoms with Crippen molar-refractivity contribution in [2.24, 2.45) is 0 Å². The molecule has 0 aliphatic carbocycles. The number of nitrogen functional groups attached to an aromatic ring is 1. The number of aryl methyl sites for hydroxylation is 2. The van der Waals surface area contributed by atoms with E-state index in [1.165, 1.54) is 11.3 Å². The minimum Gasteiger partial charge on any atom is -0.398 e. The van der Waals surface area contributed by atoms with Gasteiger partial charge in [-0.2, -0.15) is 0 Å². The van der Waals surface area contributed by atoms with Crippen molar-refractivity contribution in [2.45, 2.75) is 31.7 Å². The summed E-state index contributed by atoms with van der Waals surface area (Å²) in [5.74, 6) is -0.576. The number of halogens is 1. The Labute approximate surface area is 127 Å². The fourth-order valence-corrected chi connectivity index (χ4v) is 4.39.